The summed E-state index contributed by atoms with van der Waals surface area (Å²) in [6, 6.07) is 5.96. The van der Waals surface area contributed by atoms with Gasteiger partial charge in [0.25, 0.3) is 5.56 Å². The average Bonchev–Trinajstić information content (AvgIpc) is 3.19. The van der Waals surface area contributed by atoms with Crippen LogP contribution in [0.3, 0.4) is 0 Å². The van der Waals surface area contributed by atoms with Gasteiger partial charge in [-0.1, -0.05) is 0 Å². The van der Waals surface area contributed by atoms with E-state index in [1.165, 1.54) is 6.20 Å². The standard InChI is InChI=1S/C26H31N5O4/c1-16-27-10-9-24(29-16)35-19-5-3-18(4-6-19)34-23-12-17(31-14-20-7-8-21(15-31)33-20)11-22-26(23)30(2)25(32)13-28-22/h9-13,18-21H,3-8,14-15H2,1-2H3. The van der Waals surface area contributed by atoms with Crippen molar-refractivity contribution in [3.8, 4) is 11.6 Å². The highest BCUT2D eigenvalue weighted by atomic mass is 16.5. The zero-order chi connectivity index (χ0) is 23.9. The third-order valence-electron chi connectivity index (χ3n) is 7.38. The summed E-state index contributed by atoms with van der Waals surface area (Å²) in [6.45, 7) is 3.61. The number of nitrogens with zero attached hydrogens (tertiary/aromatic N) is 5. The second kappa shape index (κ2) is 9.11. The predicted molar refractivity (Wildman–Crippen MR) is 131 cm³/mol. The molecule has 3 aliphatic rings. The van der Waals surface area contributed by atoms with Crippen LogP contribution in [0.1, 0.15) is 44.3 Å². The Kier molecular flexibility index (Phi) is 5.80. The third-order valence-corrected chi connectivity index (χ3v) is 7.38. The molecule has 0 radical (unpaired) electrons. The summed E-state index contributed by atoms with van der Waals surface area (Å²) < 4.78 is 20.3. The van der Waals surface area contributed by atoms with Crippen molar-refractivity contribution in [1.29, 1.82) is 0 Å². The fourth-order valence-electron chi connectivity index (χ4n) is 5.55. The van der Waals surface area contributed by atoms with Crippen LogP contribution < -0.4 is 19.9 Å². The first-order valence-electron chi connectivity index (χ1n) is 12.5. The van der Waals surface area contributed by atoms with E-state index < -0.39 is 0 Å². The van der Waals surface area contributed by atoms with Crippen molar-refractivity contribution in [2.75, 3.05) is 18.0 Å². The second-order valence-corrected chi connectivity index (χ2v) is 9.91. The molecule has 1 aromatic carbocycles. The maximum atomic E-state index is 12.4. The van der Waals surface area contributed by atoms with E-state index in [0.717, 1.165) is 74.1 Å². The molecule has 2 unspecified atom stereocenters. The quantitative estimate of drug-likeness (QED) is 0.553. The highest BCUT2D eigenvalue weighted by Crippen LogP contribution is 2.36. The number of benzene rings is 1. The Morgan fingerprint density at radius 1 is 0.971 bits per heavy atom. The molecule has 9 heteroatoms. The van der Waals surface area contributed by atoms with Gasteiger partial charge in [0.05, 0.1) is 30.0 Å². The fourth-order valence-corrected chi connectivity index (χ4v) is 5.55. The Morgan fingerprint density at radius 2 is 1.69 bits per heavy atom. The highest BCUT2D eigenvalue weighted by molar-refractivity contribution is 5.86. The van der Waals surface area contributed by atoms with E-state index in [2.05, 4.69) is 32.0 Å². The highest BCUT2D eigenvalue weighted by Gasteiger charge is 2.34. The summed E-state index contributed by atoms with van der Waals surface area (Å²) in [5, 5.41) is 0. The molecule has 4 heterocycles. The zero-order valence-electron chi connectivity index (χ0n) is 20.2. The molecule has 6 rings (SSSR count). The third kappa shape index (κ3) is 4.57. The van der Waals surface area contributed by atoms with Crippen molar-refractivity contribution in [2.24, 2.45) is 7.05 Å². The molecule has 0 N–H and O–H groups in total. The van der Waals surface area contributed by atoms with Crippen molar-refractivity contribution in [3.05, 3.63) is 46.8 Å². The fraction of sp³-hybridized carbons (Fsp3) is 0.538. The maximum Gasteiger partial charge on any atom is 0.269 e. The maximum absolute atomic E-state index is 12.4. The first kappa shape index (κ1) is 22.3. The van der Waals surface area contributed by atoms with E-state index in [1.54, 1.807) is 23.9 Å². The Bertz CT molecular complexity index is 1270. The van der Waals surface area contributed by atoms with Gasteiger partial charge in [-0.2, -0.15) is 4.98 Å². The molecule has 2 bridgehead atoms. The van der Waals surface area contributed by atoms with Gasteiger partial charge < -0.3 is 23.7 Å². The van der Waals surface area contributed by atoms with Gasteiger partial charge in [0.2, 0.25) is 5.88 Å². The van der Waals surface area contributed by atoms with Crippen LogP contribution in [0.5, 0.6) is 11.6 Å². The molecule has 3 aromatic rings. The molecule has 2 aromatic heterocycles. The lowest BCUT2D eigenvalue weighted by Crippen LogP contribution is -2.42. The lowest BCUT2D eigenvalue weighted by Gasteiger charge is -2.34. The Morgan fingerprint density at radius 3 is 2.40 bits per heavy atom. The molecule has 2 saturated heterocycles. The minimum atomic E-state index is -0.142. The number of rotatable bonds is 5. The lowest BCUT2D eigenvalue weighted by atomic mass is 9.95. The molecule has 2 atom stereocenters. The van der Waals surface area contributed by atoms with Gasteiger partial charge in [-0.3, -0.25) is 4.79 Å². The zero-order valence-corrected chi connectivity index (χ0v) is 20.2. The van der Waals surface area contributed by atoms with Gasteiger partial charge in [-0.05, 0) is 51.5 Å². The first-order valence-corrected chi connectivity index (χ1v) is 12.5. The van der Waals surface area contributed by atoms with Crippen LogP contribution in [0.15, 0.2) is 35.4 Å². The number of morpholine rings is 1. The molecular weight excluding hydrogens is 446 g/mol. The summed E-state index contributed by atoms with van der Waals surface area (Å²) in [7, 11) is 1.78. The van der Waals surface area contributed by atoms with Crippen molar-refractivity contribution < 1.29 is 14.2 Å². The van der Waals surface area contributed by atoms with E-state index in [9.17, 15) is 4.79 Å². The smallest absolute Gasteiger partial charge is 0.269 e. The van der Waals surface area contributed by atoms with Gasteiger partial charge in [0.1, 0.15) is 23.2 Å². The number of ether oxygens (including phenoxy) is 3. The minimum absolute atomic E-state index is 0.0524. The molecule has 1 saturated carbocycles. The summed E-state index contributed by atoms with van der Waals surface area (Å²) in [5.41, 5.74) is 2.45. The van der Waals surface area contributed by atoms with E-state index in [-0.39, 0.29) is 30.0 Å². The van der Waals surface area contributed by atoms with Crippen LogP contribution in [0.2, 0.25) is 0 Å². The molecule has 9 nitrogen and oxygen atoms in total. The summed E-state index contributed by atoms with van der Waals surface area (Å²) in [6.07, 6.45) is 9.59. The van der Waals surface area contributed by atoms with Crippen molar-refractivity contribution in [2.45, 2.75) is 69.9 Å². The number of hydrogen-bond donors (Lipinski definition) is 0. The molecule has 0 spiro atoms. The molecule has 2 aliphatic heterocycles. The Balaban J connectivity index is 1.22. The van der Waals surface area contributed by atoms with Crippen LogP contribution >= 0.6 is 0 Å². The second-order valence-electron chi connectivity index (χ2n) is 9.91. The van der Waals surface area contributed by atoms with Gasteiger partial charge in [-0.25, -0.2) is 9.97 Å². The summed E-state index contributed by atoms with van der Waals surface area (Å²) in [5.74, 6) is 2.06. The van der Waals surface area contributed by atoms with Crippen LogP contribution in [0.25, 0.3) is 11.0 Å². The van der Waals surface area contributed by atoms with E-state index in [1.807, 2.05) is 6.92 Å². The van der Waals surface area contributed by atoms with Gasteiger partial charge in [-0.15, -0.1) is 0 Å². The van der Waals surface area contributed by atoms with E-state index >= 15 is 0 Å². The number of fused-ring (bicyclic) bond motifs is 3. The Hall–Kier alpha value is -3.20. The van der Waals surface area contributed by atoms with Gasteiger partial charge >= 0.3 is 0 Å². The SMILES string of the molecule is Cc1nccc(OC2CCC(Oc3cc(N4CC5CCC(C4)O5)cc4ncc(=O)n(C)c34)CC2)n1. The van der Waals surface area contributed by atoms with Crippen molar-refractivity contribution in [3.63, 3.8) is 0 Å². The molecule has 1 aliphatic carbocycles. The monoisotopic (exact) mass is 477 g/mol. The van der Waals surface area contributed by atoms with Crippen molar-refractivity contribution >= 4 is 16.7 Å². The summed E-state index contributed by atoms with van der Waals surface area (Å²) >= 11 is 0. The molecule has 35 heavy (non-hydrogen) atoms. The first-order chi connectivity index (χ1) is 17.0. The lowest BCUT2D eigenvalue weighted by molar-refractivity contribution is 0.0304. The topological polar surface area (TPSA) is 91.6 Å². The van der Waals surface area contributed by atoms with Gasteiger partial charge in [0.15, 0.2) is 0 Å². The number of anilines is 1. The number of aryl methyl sites for hydroxylation is 2. The predicted octanol–water partition coefficient (Wildman–Crippen LogP) is 3.17. The number of hydrogen-bond acceptors (Lipinski definition) is 8. The van der Waals surface area contributed by atoms with Gasteiger partial charge in [0, 0.05) is 44.2 Å². The van der Waals surface area contributed by atoms with Crippen LogP contribution in [0.4, 0.5) is 5.69 Å². The average molecular weight is 478 g/mol. The minimum Gasteiger partial charge on any atom is -0.488 e. The van der Waals surface area contributed by atoms with Crippen LogP contribution in [0, 0.1) is 6.92 Å². The number of aromatic nitrogens is 4. The van der Waals surface area contributed by atoms with E-state index in [0.29, 0.717) is 11.7 Å². The molecule has 3 fully saturated rings. The normalized spacial score (nSPS) is 26.2. The molecule has 184 valence electrons. The van der Waals surface area contributed by atoms with Crippen LogP contribution in [-0.4, -0.2) is 57.0 Å². The van der Waals surface area contributed by atoms with Crippen molar-refractivity contribution in [1.82, 2.24) is 19.5 Å². The van der Waals surface area contributed by atoms with E-state index in [4.69, 9.17) is 14.2 Å². The molecule has 0 amide bonds. The summed E-state index contributed by atoms with van der Waals surface area (Å²) in [4.78, 5) is 27.7. The molecular formula is C26H31N5O4. The van der Waals surface area contributed by atoms with Crippen LogP contribution in [-0.2, 0) is 11.8 Å². The largest absolute Gasteiger partial charge is 0.488 e. The Labute approximate surface area is 204 Å².